The molecule has 1 unspecified atom stereocenters. The first-order chi connectivity index (χ1) is 18.9. The van der Waals surface area contributed by atoms with Crippen LogP contribution < -0.4 is 5.32 Å². The Morgan fingerprint density at radius 2 is 1.85 bits per heavy atom. The summed E-state index contributed by atoms with van der Waals surface area (Å²) >= 11 is 1.34. The van der Waals surface area contributed by atoms with Crippen LogP contribution in [0.25, 0.3) is 16.9 Å². The number of esters is 1. The van der Waals surface area contributed by atoms with Gasteiger partial charge in [0.2, 0.25) is 11.7 Å². The van der Waals surface area contributed by atoms with Crippen molar-refractivity contribution in [1.82, 2.24) is 9.78 Å². The average molecular weight is 541 g/mol. The van der Waals surface area contributed by atoms with Crippen molar-refractivity contribution in [1.29, 1.82) is 5.26 Å². The summed E-state index contributed by atoms with van der Waals surface area (Å²) in [5.41, 5.74) is 2.91. The lowest BCUT2D eigenvalue weighted by Crippen LogP contribution is -2.29. The molecule has 4 aromatic rings. The Bertz CT molecular complexity index is 1630. The molecule has 2 heterocycles. The molecule has 0 bridgehead atoms. The van der Waals surface area contributed by atoms with Crippen molar-refractivity contribution >= 4 is 35.1 Å². The predicted octanol–water partition coefficient (Wildman–Crippen LogP) is 5.42. The molecule has 3 aromatic carbocycles. The minimum absolute atomic E-state index is 0.0382. The maximum absolute atomic E-state index is 13.7. The second kappa shape index (κ2) is 10.9. The topological polar surface area (TPSA) is 114 Å². The normalized spacial score (nSPS) is 12.4. The predicted molar refractivity (Wildman–Crippen MR) is 143 cm³/mol. The van der Waals surface area contributed by atoms with Gasteiger partial charge in [0.05, 0.1) is 29.6 Å². The van der Waals surface area contributed by atoms with Gasteiger partial charge in [0.25, 0.3) is 0 Å². The van der Waals surface area contributed by atoms with Crippen LogP contribution >= 0.6 is 11.8 Å². The minimum Gasteiger partial charge on any atom is -0.462 e. The molecule has 0 radical (unpaired) electrons. The van der Waals surface area contributed by atoms with Crippen LogP contribution in [0, 0.1) is 23.1 Å². The molecule has 1 aliphatic rings. The number of amides is 1. The van der Waals surface area contributed by atoms with Crippen LogP contribution in [0.4, 0.5) is 10.1 Å². The standard InChI is InChI=1S/C29H21FN4O4S/c1-2-38-29(37)21-10-6-9-20-25-23(16-39-27(20)21)24(33-34(25)19-13-11-17(30)12-14-19)26(35)22(15-31)28(36)32-18-7-4-3-5-8-18/h3-14,22H,2,16H2,1H3,(H,32,36). The highest BCUT2D eigenvalue weighted by atomic mass is 32.2. The van der Waals surface area contributed by atoms with Crippen LogP contribution in [0.2, 0.25) is 0 Å². The van der Waals surface area contributed by atoms with Crippen molar-refractivity contribution in [2.24, 2.45) is 5.92 Å². The number of ether oxygens (including phenoxy) is 1. The number of hydrogen-bond acceptors (Lipinski definition) is 7. The molecule has 39 heavy (non-hydrogen) atoms. The molecule has 0 spiro atoms. The van der Waals surface area contributed by atoms with Crippen molar-refractivity contribution in [3.8, 4) is 23.0 Å². The molecule has 10 heteroatoms. The maximum atomic E-state index is 13.7. The Morgan fingerprint density at radius 3 is 2.54 bits per heavy atom. The summed E-state index contributed by atoms with van der Waals surface area (Å²) < 4.78 is 20.4. The number of benzene rings is 3. The van der Waals surface area contributed by atoms with E-state index in [9.17, 15) is 24.0 Å². The van der Waals surface area contributed by atoms with E-state index in [-0.39, 0.29) is 18.1 Å². The SMILES string of the molecule is CCOC(=O)c1cccc2c1SCc1c(C(=O)C(C#N)C(=O)Nc3ccccc3)nn(-c3ccc(F)cc3)c1-2. The summed E-state index contributed by atoms with van der Waals surface area (Å²) in [6, 6.07) is 21.1. The number of para-hydroxylation sites is 1. The van der Waals surface area contributed by atoms with Crippen molar-refractivity contribution in [3.63, 3.8) is 0 Å². The van der Waals surface area contributed by atoms with Crippen molar-refractivity contribution < 1.29 is 23.5 Å². The monoisotopic (exact) mass is 540 g/mol. The molecule has 5 rings (SSSR count). The number of Topliss-reactive ketones (excluding diaryl/α,β-unsaturated/α-hetero) is 1. The number of hydrogen-bond donors (Lipinski definition) is 1. The lowest BCUT2D eigenvalue weighted by atomic mass is 9.96. The number of nitrogens with zero attached hydrogens (tertiary/aromatic N) is 3. The molecule has 0 saturated carbocycles. The Morgan fingerprint density at radius 1 is 1.10 bits per heavy atom. The molecule has 0 fully saturated rings. The maximum Gasteiger partial charge on any atom is 0.339 e. The van der Waals surface area contributed by atoms with E-state index in [1.807, 2.05) is 6.07 Å². The Kier molecular flexibility index (Phi) is 7.25. The van der Waals surface area contributed by atoms with Gasteiger partial charge in [0.15, 0.2) is 5.92 Å². The number of nitrogens with one attached hydrogen (secondary N) is 1. The number of fused-ring (bicyclic) bond motifs is 3. The first-order valence-corrected chi connectivity index (χ1v) is 13.0. The molecular weight excluding hydrogens is 519 g/mol. The average Bonchev–Trinajstić information content (AvgIpc) is 3.34. The number of anilines is 1. The van der Waals surface area contributed by atoms with Crippen LogP contribution in [0.5, 0.6) is 0 Å². The number of carbonyl (C=O) groups excluding carboxylic acids is 3. The highest BCUT2D eigenvalue weighted by Gasteiger charge is 2.36. The largest absolute Gasteiger partial charge is 0.462 e. The summed E-state index contributed by atoms with van der Waals surface area (Å²) in [4.78, 5) is 39.9. The van der Waals surface area contributed by atoms with Gasteiger partial charge in [-0.15, -0.1) is 11.8 Å². The Labute approximate surface area is 227 Å². The second-order valence-corrected chi connectivity index (χ2v) is 9.52. The van der Waals surface area contributed by atoms with E-state index in [0.717, 1.165) is 0 Å². The molecular formula is C29H21FN4O4S. The summed E-state index contributed by atoms with van der Waals surface area (Å²) in [6.45, 7) is 1.94. The highest BCUT2D eigenvalue weighted by molar-refractivity contribution is 7.98. The fraction of sp³-hybridized carbons (Fsp3) is 0.138. The van der Waals surface area contributed by atoms with Crippen molar-refractivity contribution in [2.75, 3.05) is 11.9 Å². The Hall–Kier alpha value is -4.75. The third-order valence-corrected chi connectivity index (χ3v) is 7.27. The molecule has 8 nitrogen and oxygen atoms in total. The lowest BCUT2D eigenvalue weighted by molar-refractivity contribution is -0.117. The molecule has 0 saturated heterocycles. The van der Waals surface area contributed by atoms with E-state index in [2.05, 4.69) is 10.4 Å². The quantitative estimate of drug-likeness (QED) is 0.189. The number of rotatable bonds is 7. The van der Waals surface area contributed by atoms with E-state index in [1.165, 1.54) is 40.7 Å². The van der Waals surface area contributed by atoms with E-state index < -0.39 is 29.4 Å². The van der Waals surface area contributed by atoms with Gasteiger partial charge < -0.3 is 10.1 Å². The zero-order valence-corrected chi connectivity index (χ0v) is 21.5. The van der Waals surface area contributed by atoms with Gasteiger partial charge in [-0.2, -0.15) is 10.4 Å². The first kappa shape index (κ1) is 25.9. The first-order valence-electron chi connectivity index (χ1n) is 12.0. The smallest absolute Gasteiger partial charge is 0.339 e. The van der Waals surface area contributed by atoms with Gasteiger partial charge >= 0.3 is 5.97 Å². The van der Waals surface area contributed by atoms with E-state index in [4.69, 9.17) is 4.74 Å². The fourth-order valence-corrected chi connectivity index (χ4v) is 5.52. The number of carbonyl (C=O) groups is 3. The van der Waals surface area contributed by atoms with Gasteiger partial charge in [0, 0.05) is 27.5 Å². The number of ketones is 1. The number of nitriles is 1. The summed E-state index contributed by atoms with van der Waals surface area (Å²) in [7, 11) is 0. The van der Waals surface area contributed by atoms with Crippen LogP contribution in [0.15, 0.2) is 77.7 Å². The molecule has 1 N–H and O–H groups in total. The van der Waals surface area contributed by atoms with Crippen LogP contribution in [0.3, 0.4) is 0 Å². The van der Waals surface area contributed by atoms with Crippen LogP contribution in [0.1, 0.15) is 33.3 Å². The molecule has 194 valence electrons. The lowest BCUT2D eigenvalue weighted by Gasteiger charge is -2.20. The molecule has 1 aliphatic heterocycles. The summed E-state index contributed by atoms with van der Waals surface area (Å²) in [5.74, 6) is -3.85. The molecule has 1 atom stereocenters. The summed E-state index contributed by atoms with van der Waals surface area (Å²) in [5, 5.41) is 17.0. The van der Waals surface area contributed by atoms with Crippen molar-refractivity contribution in [3.05, 3.63) is 95.4 Å². The molecule has 1 aromatic heterocycles. The van der Waals surface area contributed by atoms with E-state index in [1.54, 1.807) is 55.5 Å². The van der Waals surface area contributed by atoms with Gasteiger partial charge in [-0.1, -0.05) is 30.3 Å². The van der Waals surface area contributed by atoms with Gasteiger partial charge in [-0.05, 0) is 49.4 Å². The third-order valence-electron chi connectivity index (χ3n) is 6.11. The zero-order valence-electron chi connectivity index (χ0n) is 20.7. The zero-order chi connectivity index (χ0) is 27.5. The minimum atomic E-state index is -1.65. The number of aromatic nitrogens is 2. The second-order valence-electron chi connectivity index (χ2n) is 8.54. The van der Waals surface area contributed by atoms with E-state index >= 15 is 0 Å². The van der Waals surface area contributed by atoms with Gasteiger partial charge in [-0.3, -0.25) is 9.59 Å². The van der Waals surface area contributed by atoms with Gasteiger partial charge in [-0.25, -0.2) is 13.9 Å². The molecule has 0 aliphatic carbocycles. The Balaban J connectivity index is 1.63. The van der Waals surface area contributed by atoms with E-state index in [0.29, 0.717) is 38.7 Å². The molecule has 1 amide bonds. The van der Waals surface area contributed by atoms with Crippen LogP contribution in [-0.2, 0) is 15.3 Å². The summed E-state index contributed by atoms with van der Waals surface area (Å²) in [6.07, 6.45) is 0. The van der Waals surface area contributed by atoms with Gasteiger partial charge in [0.1, 0.15) is 11.5 Å². The highest BCUT2D eigenvalue weighted by Crippen LogP contribution is 2.45. The van der Waals surface area contributed by atoms with Crippen molar-refractivity contribution in [2.45, 2.75) is 17.6 Å². The third kappa shape index (κ3) is 4.92. The number of thioether (sulfide) groups is 1. The van der Waals surface area contributed by atoms with Crippen LogP contribution in [-0.4, -0.2) is 34.0 Å². The fourth-order valence-electron chi connectivity index (χ4n) is 4.33. The number of halogens is 1.